The van der Waals surface area contributed by atoms with Crippen LogP contribution in [0.1, 0.15) is 56.2 Å². The number of nitrogens with one attached hydrogen (secondary N) is 1. The molecule has 1 N–H and O–H groups in total. The first-order chi connectivity index (χ1) is 7.92. The molecule has 1 aromatic heterocycles. The van der Waals surface area contributed by atoms with Gasteiger partial charge in [-0.3, -0.25) is 0 Å². The minimum Gasteiger partial charge on any atom is -0.339 e. The Hall–Kier alpha value is -0.900. The van der Waals surface area contributed by atoms with Crippen molar-refractivity contribution >= 4 is 0 Å². The molecular formula is C12H19N3O. The molecule has 1 aromatic rings. The molecule has 0 amide bonds. The van der Waals surface area contributed by atoms with Crippen LogP contribution in [-0.4, -0.2) is 22.7 Å². The topological polar surface area (TPSA) is 51.0 Å². The van der Waals surface area contributed by atoms with Crippen LogP contribution in [-0.2, 0) is 6.42 Å². The molecule has 0 bridgehead atoms. The van der Waals surface area contributed by atoms with Gasteiger partial charge in [-0.15, -0.1) is 0 Å². The Bertz CT molecular complexity index is 340. The molecule has 1 unspecified atom stereocenters. The molecule has 4 heteroatoms. The summed E-state index contributed by atoms with van der Waals surface area (Å²) in [6.07, 6.45) is 8.56. The number of hydrogen-bond acceptors (Lipinski definition) is 4. The fourth-order valence-corrected chi connectivity index (χ4v) is 2.49. The van der Waals surface area contributed by atoms with E-state index in [4.69, 9.17) is 4.52 Å². The second-order valence-electron chi connectivity index (χ2n) is 5.03. The van der Waals surface area contributed by atoms with Gasteiger partial charge in [-0.1, -0.05) is 18.0 Å². The molecule has 3 rings (SSSR count). The number of rotatable bonds is 3. The Kier molecular flexibility index (Phi) is 2.91. The van der Waals surface area contributed by atoms with Gasteiger partial charge in [-0.05, 0) is 32.2 Å². The first-order valence-corrected chi connectivity index (χ1v) is 6.47. The molecule has 1 aliphatic heterocycles. The van der Waals surface area contributed by atoms with Crippen LogP contribution in [0.25, 0.3) is 0 Å². The molecule has 0 aromatic carbocycles. The Morgan fingerprint density at radius 3 is 2.81 bits per heavy atom. The Labute approximate surface area is 95.8 Å². The van der Waals surface area contributed by atoms with Crippen molar-refractivity contribution in [3.63, 3.8) is 0 Å². The van der Waals surface area contributed by atoms with Crippen LogP contribution in [0, 0.1) is 0 Å². The second kappa shape index (κ2) is 4.53. The SMILES string of the molecule is C1CCC(Cc2noc(C3CCC3)n2)NC1. The molecule has 2 heterocycles. The van der Waals surface area contributed by atoms with Gasteiger partial charge in [0.2, 0.25) is 5.89 Å². The molecule has 4 nitrogen and oxygen atoms in total. The fourth-order valence-electron chi connectivity index (χ4n) is 2.49. The van der Waals surface area contributed by atoms with Gasteiger partial charge in [0.25, 0.3) is 0 Å². The largest absolute Gasteiger partial charge is 0.339 e. The predicted octanol–water partition coefficient (Wildman–Crippen LogP) is 2.02. The first kappa shape index (κ1) is 10.3. The van der Waals surface area contributed by atoms with Crippen LogP contribution in [0.15, 0.2) is 4.52 Å². The number of hydrogen-bond donors (Lipinski definition) is 1. The lowest BCUT2D eigenvalue weighted by Crippen LogP contribution is -2.35. The Morgan fingerprint density at radius 1 is 1.19 bits per heavy atom. The van der Waals surface area contributed by atoms with Gasteiger partial charge in [0.15, 0.2) is 5.82 Å². The third-order valence-electron chi connectivity index (χ3n) is 3.78. The van der Waals surface area contributed by atoms with E-state index in [0.717, 1.165) is 24.7 Å². The minimum absolute atomic E-state index is 0.556. The van der Waals surface area contributed by atoms with Crippen molar-refractivity contribution in [1.29, 1.82) is 0 Å². The van der Waals surface area contributed by atoms with Crippen LogP contribution in [0.3, 0.4) is 0 Å². The van der Waals surface area contributed by atoms with Gasteiger partial charge < -0.3 is 9.84 Å². The van der Waals surface area contributed by atoms with Crippen molar-refractivity contribution in [1.82, 2.24) is 15.5 Å². The van der Waals surface area contributed by atoms with E-state index < -0.39 is 0 Å². The van der Waals surface area contributed by atoms with Crippen molar-refractivity contribution in [3.05, 3.63) is 11.7 Å². The van der Waals surface area contributed by atoms with Crippen LogP contribution < -0.4 is 5.32 Å². The standard InChI is InChI=1S/C12H19N3O/c1-2-7-13-10(6-1)8-11-14-12(16-15-11)9-4-3-5-9/h9-10,13H,1-8H2. The molecule has 1 saturated heterocycles. The van der Waals surface area contributed by atoms with Gasteiger partial charge in [-0.2, -0.15) is 4.98 Å². The summed E-state index contributed by atoms with van der Waals surface area (Å²) in [5.41, 5.74) is 0. The summed E-state index contributed by atoms with van der Waals surface area (Å²) in [4.78, 5) is 4.51. The predicted molar refractivity (Wildman–Crippen MR) is 60.2 cm³/mol. The zero-order valence-electron chi connectivity index (χ0n) is 9.61. The van der Waals surface area contributed by atoms with E-state index in [-0.39, 0.29) is 0 Å². The molecule has 16 heavy (non-hydrogen) atoms. The average molecular weight is 221 g/mol. The first-order valence-electron chi connectivity index (χ1n) is 6.47. The highest BCUT2D eigenvalue weighted by atomic mass is 16.5. The fraction of sp³-hybridized carbons (Fsp3) is 0.833. The quantitative estimate of drug-likeness (QED) is 0.848. The van der Waals surface area contributed by atoms with Crippen molar-refractivity contribution in [2.24, 2.45) is 0 Å². The summed E-state index contributed by atoms with van der Waals surface area (Å²) in [5, 5.41) is 7.60. The van der Waals surface area contributed by atoms with E-state index in [9.17, 15) is 0 Å². The van der Waals surface area contributed by atoms with E-state index in [1.807, 2.05) is 0 Å². The van der Waals surface area contributed by atoms with Gasteiger partial charge in [0.1, 0.15) is 0 Å². The normalized spacial score (nSPS) is 26.6. The van der Waals surface area contributed by atoms with Crippen molar-refractivity contribution in [2.75, 3.05) is 6.54 Å². The van der Waals surface area contributed by atoms with Gasteiger partial charge >= 0.3 is 0 Å². The van der Waals surface area contributed by atoms with Crippen LogP contribution in [0.4, 0.5) is 0 Å². The summed E-state index contributed by atoms with van der Waals surface area (Å²) in [6, 6.07) is 0.556. The van der Waals surface area contributed by atoms with Gasteiger partial charge in [0.05, 0.1) is 0 Å². The lowest BCUT2D eigenvalue weighted by Gasteiger charge is -2.22. The van der Waals surface area contributed by atoms with E-state index in [1.165, 1.54) is 38.5 Å². The molecule has 1 aliphatic carbocycles. The van der Waals surface area contributed by atoms with Crippen LogP contribution in [0.5, 0.6) is 0 Å². The van der Waals surface area contributed by atoms with E-state index in [0.29, 0.717) is 12.0 Å². The number of aromatic nitrogens is 2. The van der Waals surface area contributed by atoms with Gasteiger partial charge in [-0.25, -0.2) is 0 Å². The average Bonchev–Trinajstić information content (AvgIpc) is 2.65. The zero-order chi connectivity index (χ0) is 10.8. The van der Waals surface area contributed by atoms with Crippen LogP contribution in [0.2, 0.25) is 0 Å². The number of nitrogens with zero attached hydrogens (tertiary/aromatic N) is 2. The minimum atomic E-state index is 0.556. The van der Waals surface area contributed by atoms with Gasteiger partial charge in [0, 0.05) is 18.4 Å². The van der Waals surface area contributed by atoms with Crippen molar-refractivity contribution < 1.29 is 4.52 Å². The summed E-state index contributed by atoms with van der Waals surface area (Å²) >= 11 is 0. The summed E-state index contributed by atoms with van der Waals surface area (Å²) in [7, 11) is 0. The smallest absolute Gasteiger partial charge is 0.229 e. The van der Waals surface area contributed by atoms with E-state index in [1.54, 1.807) is 0 Å². The van der Waals surface area contributed by atoms with Crippen molar-refractivity contribution in [3.8, 4) is 0 Å². The highest BCUT2D eigenvalue weighted by molar-refractivity contribution is 4.99. The maximum absolute atomic E-state index is 5.32. The Balaban J connectivity index is 1.58. The maximum atomic E-state index is 5.32. The zero-order valence-corrected chi connectivity index (χ0v) is 9.61. The maximum Gasteiger partial charge on any atom is 0.229 e. The van der Waals surface area contributed by atoms with E-state index >= 15 is 0 Å². The summed E-state index contributed by atoms with van der Waals surface area (Å²) in [6.45, 7) is 1.14. The summed E-state index contributed by atoms with van der Waals surface area (Å²) < 4.78 is 5.32. The molecule has 0 radical (unpaired) electrons. The molecule has 1 saturated carbocycles. The third kappa shape index (κ3) is 2.12. The lowest BCUT2D eigenvalue weighted by molar-refractivity contribution is 0.290. The lowest BCUT2D eigenvalue weighted by atomic mass is 9.85. The summed E-state index contributed by atoms with van der Waals surface area (Å²) in [5.74, 6) is 2.32. The third-order valence-corrected chi connectivity index (χ3v) is 3.78. The van der Waals surface area contributed by atoms with E-state index in [2.05, 4.69) is 15.5 Å². The molecule has 0 spiro atoms. The molecule has 2 aliphatic rings. The molecule has 88 valence electrons. The molecular weight excluding hydrogens is 202 g/mol. The highest BCUT2D eigenvalue weighted by Gasteiger charge is 2.26. The monoisotopic (exact) mass is 221 g/mol. The highest BCUT2D eigenvalue weighted by Crippen LogP contribution is 2.35. The Morgan fingerprint density at radius 2 is 2.12 bits per heavy atom. The second-order valence-corrected chi connectivity index (χ2v) is 5.03. The molecule has 1 atom stereocenters. The molecule has 2 fully saturated rings. The number of piperidine rings is 1. The van der Waals surface area contributed by atoms with Crippen LogP contribution >= 0.6 is 0 Å². The van der Waals surface area contributed by atoms with Crippen molar-refractivity contribution in [2.45, 2.75) is 56.9 Å².